The minimum Gasteiger partial charge on any atom is -0.455 e. The van der Waals surface area contributed by atoms with Gasteiger partial charge in [0.05, 0.1) is 11.2 Å². The molecule has 0 saturated heterocycles. The first kappa shape index (κ1) is 15.8. The Morgan fingerprint density at radius 1 is 1.30 bits per heavy atom. The van der Waals surface area contributed by atoms with Crippen molar-refractivity contribution in [1.29, 1.82) is 0 Å². The summed E-state index contributed by atoms with van der Waals surface area (Å²) >= 11 is 12.0. The van der Waals surface area contributed by atoms with Crippen LogP contribution in [0.1, 0.15) is 18.6 Å². The fourth-order valence-corrected chi connectivity index (χ4v) is 2.83. The Balaban J connectivity index is 1.64. The zero-order valence-electron chi connectivity index (χ0n) is 12.2. The molecule has 1 saturated carbocycles. The van der Waals surface area contributed by atoms with E-state index in [4.69, 9.17) is 27.6 Å². The van der Waals surface area contributed by atoms with Crippen molar-refractivity contribution in [3.8, 4) is 11.3 Å². The van der Waals surface area contributed by atoms with Crippen molar-refractivity contribution in [2.45, 2.75) is 12.8 Å². The molecule has 1 aliphatic rings. The Hall–Kier alpha value is -2.04. The molecule has 0 bridgehead atoms. The zero-order chi connectivity index (χ0) is 16.4. The molecule has 1 fully saturated rings. The standard InChI is InChI=1S/C17H14Cl2N2O2/c1-10-6-11(7-10)17(22)21-20-9-13-3-5-16(23-13)14-4-2-12(18)8-15(14)19/h2-5,8-9,11H,1,6-7H2,(H,21,22)/b20-9-. The van der Waals surface area contributed by atoms with Crippen LogP contribution in [0.25, 0.3) is 11.3 Å². The van der Waals surface area contributed by atoms with Crippen molar-refractivity contribution < 1.29 is 9.21 Å². The van der Waals surface area contributed by atoms with Gasteiger partial charge < -0.3 is 4.42 Å². The second-order valence-corrected chi connectivity index (χ2v) is 6.26. The van der Waals surface area contributed by atoms with Crippen molar-refractivity contribution in [3.63, 3.8) is 0 Å². The Bertz CT molecular complexity index is 788. The second kappa shape index (κ2) is 6.60. The van der Waals surface area contributed by atoms with Crippen LogP contribution in [0.2, 0.25) is 10.0 Å². The van der Waals surface area contributed by atoms with Crippen LogP contribution in [-0.2, 0) is 4.79 Å². The molecule has 118 valence electrons. The first-order valence-corrected chi connectivity index (χ1v) is 7.83. The van der Waals surface area contributed by atoms with E-state index in [1.165, 1.54) is 6.21 Å². The minimum absolute atomic E-state index is 0.0142. The molecule has 0 spiro atoms. The van der Waals surface area contributed by atoms with Crippen molar-refractivity contribution in [2.24, 2.45) is 11.0 Å². The van der Waals surface area contributed by atoms with E-state index in [2.05, 4.69) is 17.1 Å². The monoisotopic (exact) mass is 348 g/mol. The van der Waals surface area contributed by atoms with E-state index >= 15 is 0 Å². The van der Waals surface area contributed by atoms with Gasteiger partial charge in [0.2, 0.25) is 5.91 Å². The highest BCUT2D eigenvalue weighted by molar-refractivity contribution is 6.36. The summed E-state index contributed by atoms with van der Waals surface area (Å²) in [5.74, 6) is 1.01. The largest absolute Gasteiger partial charge is 0.455 e. The fourth-order valence-electron chi connectivity index (χ4n) is 2.33. The van der Waals surface area contributed by atoms with Gasteiger partial charge in [0.15, 0.2) is 0 Å². The minimum atomic E-state index is -0.0961. The summed E-state index contributed by atoms with van der Waals surface area (Å²) in [6.45, 7) is 3.81. The van der Waals surface area contributed by atoms with Gasteiger partial charge in [-0.3, -0.25) is 4.79 Å². The van der Waals surface area contributed by atoms with Crippen molar-refractivity contribution >= 4 is 35.3 Å². The van der Waals surface area contributed by atoms with Crippen LogP contribution >= 0.6 is 23.2 Å². The van der Waals surface area contributed by atoms with Crippen LogP contribution in [-0.4, -0.2) is 12.1 Å². The number of nitrogens with one attached hydrogen (secondary N) is 1. The lowest BCUT2D eigenvalue weighted by molar-refractivity contribution is -0.126. The zero-order valence-corrected chi connectivity index (χ0v) is 13.7. The third-order valence-corrected chi connectivity index (χ3v) is 4.18. The maximum Gasteiger partial charge on any atom is 0.243 e. The van der Waals surface area contributed by atoms with Gasteiger partial charge >= 0.3 is 0 Å². The molecule has 1 N–H and O–H groups in total. The predicted molar refractivity (Wildman–Crippen MR) is 91.8 cm³/mol. The van der Waals surface area contributed by atoms with Gasteiger partial charge in [-0.25, -0.2) is 5.43 Å². The highest BCUT2D eigenvalue weighted by Crippen LogP contribution is 2.32. The molecule has 0 radical (unpaired) electrons. The number of halogens is 2. The third kappa shape index (κ3) is 3.66. The summed E-state index contributed by atoms with van der Waals surface area (Å²) in [6, 6.07) is 8.72. The predicted octanol–water partition coefficient (Wildman–Crippen LogP) is 4.67. The Morgan fingerprint density at radius 2 is 2.09 bits per heavy atom. The van der Waals surface area contributed by atoms with Crippen molar-refractivity contribution in [1.82, 2.24) is 5.43 Å². The van der Waals surface area contributed by atoms with Crippen LogP contribution in [0.5, 0.6) is 0 Å². The molecule has 3 rings (SSSR count). The van der Waals surface area contributed by atoms with Crippen LogP contribution in [0.4, 0.5) is 0 Å². The average Bonchev–Trinajstić information content (AvgIpc) is 2.92. The highest BCUT2D eigenvalue weighted by Gasteiger charge is 2.28. The van der Waals surface area contributed by atoms with Crippen LogP contribution in [0.3, 0.4) is 0 Å². The fraction of sp³-hybridized carbons (Fsp3) is 0.176. The summed E-state index contributed by atoms with van der Waals surface area (Å²) in [5, 5.41) is 4.98. The smallest absolute Gasteiger partial charge is 0.243 e. The molecule has 4 nitrogen and oxygen atoms in total. The number of amides is 1. The molecule has 1 heterocycles. The summed E-state index contributed by atoms with van der Waals surface area (Å²) in [6.07, 6.45) is 2.93. The summed E-state index contributed by atoms with van der Waals surface area (Å²) in [5.41, 5.74) is 4.35. The van der Waals surface area contributed by atoms with E-state index in [0.717, 1.165) is 24.0 Å². The lowest BCUT2D eigenvalue weighted by Gasteiger charge is -2.25. The summed E-state index contributed by atoms with van der Waals surface area (Å²) in [4.78, 5) is 11.7. The van der Waals surface area contributed by atoms with Crippen molar-refractivity contribution in [3.05, 3.63) is 58.3 Å². The normalized spacial score (nSPS) is 15.0. The molecule has 0 atom stereocenters. The van der Waals surface area contributed by atoms with Gasteiger partial charge in [0.1, 0.15) is 11.5 Å². The number of nitrogens with zero attached hydrogens (tertiary/aromatic N) is 1. The maximum absolute atomic E-state index is 11.7. The molecule has 6 heteroatoms. The van der Waals surface area contributed by atoms with E-state index < -0.39 is 0 Å². The number of hydrogen-bond donors (Lipinski definition) is 1. The van der Waals surface area contributed by atoms with E-state index in [1.54, 1.807) is 30.3 Å². The summed E-state index contributed by atoms with van der Waals surface area (Å²) < 4.78 is 5.65. The van der Waals surface area contributed by atoms with E-state index in [1.807, 2.05) is 0 Å². The molecule has 0 unspecified atom stereocenters. The van der Waals surface area contributed by atoms with Crippen LogP contribution < -0.4 is 5.43 Å². The van der Waals surface area contributed by atoms with Gasteiger partial charge in [-0.2, -0.15) is 5.10 Å². The number of carbonyl (C=O) groups excluding carboxylic acids is 1. The van der Waals surface area contributed by atoms with E-state index in [-0.39, 0.29) is 11.8 Å². The van der Waals surface area contributed by atoms with Gasteiger partial charge in [-0.1, -0.05) is 35.4 Å². The molecule has 0 aliphatic heterocycles. The van der Waals surface area contributed by atoms with E-state index in [9.17, 15) is 4.79 Å². The molecular formula is C17H14Cl2N2O2. The van der Waals surface area contributed by atoms with Crippen molar-refractivity contribution in [2.75, 3.05) is 0 Å². The van der Waals surface area contributed by atoms with Gasteiger partial charge in [0.25, 0.3) is 0 Å². The molecule has 23 heavy (non-hydrogen) atoms. The maximum atomic E-state index is 11.7. The third-order valence-electron chi connectivity index (χ3n) is 3.63. The second-order valence-electron chi connectivity index (χ2n) is 5.42. The molecule has 2 aromatic rings. The topological polar surface area (TPSA) is 54.6 Å². The number of allylic oxidation sites excluding steroid dienone is 1. The SMILES string of the molecule is C=C1CC(C(=O)N/N=C\c2ccc(-c3ccc(Cl)cc3Cl)o2)C1. The average molecular weight is 349 g/mol. The molecular weight excluding hydrogens is 335 g/mol. The Morgan fingerprint density at radius 3 is 2.78 bits per heavy atom. The van der Waals surface area contributed by atoms with Crippen LogP contribution in [0.15, 0.2) is 52.0 Å². The highest BCUT2D eigenvalue weighted by atomic mass is 35.5. The van der Waals surface area contributed by atoms with Gasteiger partial charge in [-0.05, 0) is 43.2 Å². The summed E-state index contributed by atoms with van der Waals surface area (Å²) in [7, 11) is 0. The van der Waals surface area contributed by atoms with Crippen LogP contribution in [0, 0.1) is 5.92 Å². The lowest BCUT2D eigenvalue weighted by atomic mass is 9.81. The number of carbonyl (C=O) groups is 1. The number of hydrazone groups is 1. The van der Waals surface area contributed by atoms with Gasteiger partial charge in [0, 0.05) is 16.5 Å². The number of rotatable bonds is 4. The Labute approximate surface area is 143 Å². The Kier molecular flexibility index (Phi) is 4.55. The number of hydrogen-bond acceptors (Lipinski definition) is 3. The first-order valence-electron chi connectivity index (χ1n) is 7.08. The number of furan rings is 1. The molecule has 1 aliphatic carbocycles. The molecule has 1 aromatic heterocycles. The number of benzene rings is 1. The van der Waals surface area contributed by atoms with Gasteiger partial charge in [-0.15, -0.1) is 0 Å². The first-order chi connectivity index (χ1) is 11.0. The molecule has 1 amide bonds. The molecule has 1 aromatic carbocycles. The van der Waals surface area contributed by atoms with E-state index in [0.29, 0.717) is 21.6 Å². The quantitative estimate of drug-likeness (QED) is 0.495. The lowest BCUT2D eigenvalue weighted by Crippen LogP contribution is -2.32.